The Labute approximate surface area is 112 Å². The topological polar surface area (TPSA) is 37.3 Å². The number of hydrogen-bond acceptors (Lipinski definition) is 1. The van der Waals surface area contributed by atoms with Crippen LogP contribution < -0.4 is 0 Å². The zero-order chi connectivity index (χ0) is 13.5. The van der Waals surface area contributed by atoms with Crippen LogP contribution in [-0.4, -0.2) is 11.1 Å². The summed E-state index contributed by atoms with van der Waals surface area (Å²) in [7, 11) is 0. The second-order valence-electron chi connectivity index (χ2n) is 5.02. The van der Waals surface area contributed by atoms with Crippen molar-refractivity contribution in [2.45, 2.75) is 84.0 Å². The van der Waals surface area contributed by atoms with Crippen LogP contribution in [0.2, 0.25) is 0 Å². The summed E-state index contributed by atoms with van der Waals surface area (Å²) in [6.45, 7) is 2.24. The smallest absolute Gasteiger partial charge is 0.303 e. The van der Waals surface area contributed by atoms with Gasteiger partial charge in [0.1, 0.15) is 0 Å². The first kappa shape index (κ1) is 17.2. The van der Waals surface area contributed by atoms with E-state index in [2.05, 4.69) is 19.1 Å². The molecule has 2 nitrogen and oxygen atoms in total. The van der Waals surface area contributed by atoms with Crippen LogP contribution in [0.5, 0.6) is 0 Å². The minimum absolute atomic E-state index is 0.331. The van der Waals surface area contributed by atoms with Gasteiger partial charge in [-0.3, -0.25) is 4.79 Å². The molecule has 0 heterocycles. The maximum absolute atomic E-state index is 10.3. The standard InChI is InChI=1S/C16H30O2/c1-2-3-4-5-6-7-8-9-10-11-12-13-14-15-16(17)18/h7-8H,2-6,9-15H2,1H3,(H,17,18). The number of carboxylic acid groups (broad SMARTS) is 1. The molecule has 0 aromatic heterocycles. The highest BCUT2D eigenvalue weighted by molar-refractivity contribution is 5.66. The lowest BCUT2D eigenvalue weighted by molar-refractivity contribution is -0.137. The summed E-state index contributed by atoms with van der Waals surface area (Å²) in [5, 5.41) is 8.48. The van der Waals surface area contributed by atoms with E-state index in [0.717, 1.165) is 12.8 Å². The summed E-state index contributed by atoms with van der Waals surface area (Å²) in [5.41, 5.74) is 0. The van der Waals surface area contributed by atoms with Crippen LogP contribution in [-0.2, 0) is 4.79 Å². The summed E-state index contributed by atoms with van der Waals surface area (Å²) in [4.78, 5) is 10.3. The second kappa shape index (κ2) is 14.3. The van der Waals surface area contributed by atoms with E-state index in [-0.39, 0.29) is 0 Å². The molecule has 0 aliphatic rings. The van der Waals surface area contributed by atoms with Crippen molar-refractivity contribution in [3.8, 4) is 0 Å². The molecule has 0 saturated heterocycles. The van der Waals surface area contributed by atoms with Crippen LogP contribution in [0.15, 0.2) is 12.2 Å². The van der Waals surface area contributed by atoms with Crippen molar-refractivity contribution < 1.29 is 9.90 Å². The monoisotopic (exact) mass is 254 g/mol. The fourth-order valence-electron chi connectivity index (χ4n) is 1.99. The van der Waals surface area contributed by atoms with Gasteiger partial charge in [0.2, 0.25) is 0 Å². The predicted octanol–water partition coefficient (Wildman–Crippen LogP) is 5.33. The van der Waals surface area contributed by atoms with E-state index in [1.54, 1.807) is 0 Å². The number of allylic oxidation sites excluding steroid dienone is 2. The molecule has 0 radical (unpaired) electrons. The van der Waals surface area contributed by atoms with Crippen molar-refractivity contribution in [3.63, 3.8) is 0 Å². The molecular weight excluding hydrogens is 224 g/mol. The zero-order valence-electron chi connectivity index (χ0n) is 12.0. The lowest BCUT2D eigenvalue weighted by Gasteiger charge is -1.98. The maximum atomic E-state index is 10.3. The summed E-state index contributed by atoms with van der Waals surface area (Å²) in [6.07, 6.45) is 18.3. The number of hydrogen-bond donors (Lipinski definition) is 1. The molecule has 0 bridgehead atoms. The van der Waals surface area contributed by atoms with E-state index in [4.69, 9.17) is 5.11 Å². The molecule has 0 aliphatic carbocycles. The molecule has 0 spiro atoms. The minimum atomic E-state index is -0.666. The van der Waals surface area contributed by atoms with Gasteiger partial charge >= 0.3 is 5.97 Å². The summed E-state index contributed by atoms with van der Waals surface area (Å²) < 4.78 is 0. The van der Waals surface area contributed by atoms with Gasteiger partial charge in [-0.25, -0.2) is 0 Å². The van der Waals surface area contributed by atoms with Gasteiger partial charge in [-0.05, 0) is 32.1 Å². The van der Waals surface area contributed by atoms with E-state index in [9.17, 15) is 4.79 Å². The van der Waals surface area contributed by atoms with Crippen LogP contribution in [0.4, 0.5) is 0 Å². The van der Waals surface area contributed by atoms with Gasteiger partial charge in [0.05, 0.1) is 0 Å². The lowest BCUT2D eigenvalue weighted by Crippen LogP contribution is -1.93. The Bertz CT molecular complexity index is 209. The quantitative estimate of drug-likeness (QED) is 0.356. The number of aliphatic carboxylic acids is 1. The van der Waals surface area contributed by atoms with Crippen molar-refractivity contribution >= 4 is 5.97 Å². The Balaban J connectivity index is 3.06. The average molecular weight is 254 g/mol. The highest BCUT2D eigenvalue weighted by Crippen LogP contribution is 2.08. The molecule has 0 amide bonds. The molecule has 0 unspecified atom stereocenters. The molecule has 1 N–H and O–H groups in total. The van der Waals surface area contributed by atoms with E-state index >= 15 is 0 Å². The van der Waals surface area contributed by atoms with Crippen LogP contribution in [0.25, 0.3) is 0 Å². The molecule has 0 aromatic rings. The molecule has 0 saturated carbocycles. The Morgan fingerprint density at radius 2 is 1.33 bits per heavy atom. The third kappa shape index (κ3) is 15.2. The number of unbranched alkanes of at least 4 members (excludes halogenated alkanes) is 9. The maximum Gasteiger partial charge on any atom is 0.303 e. The first-order chi connectivity index (χ1) is 8.77. The van der Waals surface area contributed by atoms with Gasteiger partial charge < -0.3 is 5.11 Å². The number of carboxylic acids is 1. The fraction of sp³-hybridized carbons (Fsp3) is 0.812. The SMILES string of the molecule is CCCCCCC=CCCCCCCCC(=O)O. The Hall–Kier alpha value is -0.790. The van der Waals surface area contributed by atoms with E-state index in [1.807, 2.05) is 0 Å². The van der Waals surface area contributed by atoms with Crippen molar-refractivity contribution in [2.75, 3.05) is 0 Å². The summed E-state index contributed by atoms with van der Waals surface area (Å²) in [6, 6.07) is 0. The molecule has 0 aromatic carbocycles. The molecule has 18 heavy (non-hydrogen) atoms. The van der Waals surface area contributed by atoms with Gasteiger partial charge in [-0.1, -0.05) is 57.6 Å². The van der Waals surface area contributed by atoms with Crippen molar-refractivity contribution in [1.29, 1.82) is 0 Å². The highest BCUT2D eigenvalue weighted by atomic mass is 16.4. The van der Waals surface area contributed by atoms with Crippen LogP contribution in [0.1, 0.15) is 84.0 Å². The molecule has 106 valence electrons. The van der Waals surface area contributed by atoms with E-state index in [1.165, 1.54) is 57.8 Å². The third-order valence-corrected chi connectivity index (χ3v) is 3.15. The Morgan fingerprint density at radius 1 is 0.833 bits per heavy atom. The van der Waals surface area contributed by atoms with Crippen LogP contribution >= 0.6 is 0 Å². The predicted molar refractivity (Wildman–Crippen MR) is 77.9 cm³/mol. The van der Waals surface area contributed by atoms with Gasteiger partial charge in [0.15, 0.2) is 0 Å². The molecule has 0 fully saturated rings. The van der Waals surface area contributed by atoms with Crippen LogP contribution in [0, 0.1) is 0 Å². The first-order valence-corrected chi connectivity index (χ1v) is 7.64. The Kier molecular flexibility index (Phi) is 13.6. The van der Waals surface area contributed by atoms with Gasteiger partial charge in [-0.15, -0.1) is 0 Å². The lowest BCUT2D eigenvalue weighted by atomic mass is 10.1. The fourth-order valence-corrected chi connectivity index (χ4v) is 1.99. The van der Waals surface area contributed by atoms with Gasteiger partial charge in [-0.2, -0.15) is 0 Å². The third-order valence-electron chi connectivity index (χ3n) is 3.15. The molecule has 0 aliphatic heterocycles. The molecule has 2 heteroatoms. The first-order valence-electron chi connectivity index (χ1n) is 7.64. The average Bonchev–Trinajstić information content (AvgIpc) is 2.34. The summed E-state index contributed by atoms with van der Waals surface area (Å²) in [5.74, 6) is -0.666. The van der Waals surface area contributed by atoms with E-state index in [0.29, 0.717) is 6.42 Å². The molecule has 0 rings (SSSR count). The number of carbonyl (C=O) groups is 1. The van der Waals surface area contributed by atoms with Crippen molar-refractivity contribution in [2.24, 2.45) is 0 Å². The molecular formula is C16H30O2. The summed E-state index contributed by atoms with van der Waals surface area (Å²) >= 11 is 0. The van der Waals surface area contributed by atoms with Crippen LogP contribution in [0.3, 0.4) is 0 Å². The van der Waals surface area contributed by atoms with E-state index < -0.39 is 5.97 Å². The largest absolute Gasteiger partial charge is 0.481 e. The zero-order valence-corrected chi connectivity index (χ0v) is 12.0. The normalized spacial score (nSPS) is 11.2. The van der Waals surface area contributed by atoms with Crippen molar-refractivity contribution in [1.82, 2.24) is 0 Å². The van der Waals surface area contributed by atoms with Gasteiger partial charge in [0, 0.05) is 6.42 Å². The van der Waals surface area contributed by atoms with Crippen molar-refractivity contribution in [3.05, 3.63) is 12.2 Å². The molecule has 0 atom stereocenters. The minimum Gasteiger partial charge on any atom is -0.481 e. The second-order valence-corrected chi connectivity index (χ2v) is 5.02. The van der Waals surface area contributed by atoms with Gasteiger partial charge in [0.25, 0.3) is 0 Å². The Morgan fingerprint density at radius 3 is 1.89 bits per heavy atom. The number of rotatable bonds is 13. The highest BCUT2D eigenvalue weighted by Gasteiger charge is 1.95.